The Bertz CT molecular complexity index is 409. The van der Waals surface area contributed by atoms with Gasteiger partial charge < -0.3 is 4.74 Å². The molecule has 1 aliphatic rings. The van der Waals surface area contributed by atoms with Gasteiger partial charge in [0.25, 0.3) is 0 Å². The van der Waals surface area contributed by atoms with Crippen molar-refractivity contribution >= 4 is 0 Å². The van der Waals surface area contributed by atoms with Crippen LogP contribution in [0, 0.1) is 39.9 Å². The predicted octanol–water partition coefficient (Wildman–Crippen LogP) is 3.23. The van der Waals surface area contributed by atoms with Crippen LogP contribution in [0.1, 0.15) is 37.7 Å². The maximum Gasteiger partial charge on any atom is 0.166 e. The topological polar surface area (TPSA) is 109 Å². The first-order chi connectivity index (χ1) is 11.9. The Labute approximate surface area is 159 Å². The van der Waals surface area contributed by atoms with E-state index in [0.717, 1.165) is 5.56 Å². The summed E-state index contributed by atoms with van der Waals surface area (Å²) >= 11 is 0. The van der Waals surface area contributed by atoms with E-state index >= 15 is 0 Å². The molecule has 2 radical (unpaired) electrons. The van der Waals surface area contributed by atoms with Gasteiger partial charge in [-0.25, -0.2) is 0 Å². The summed E-state index contributed by atoms with van der Waals surface area (Å²) in [6, 6.07) is 10.1. The third-order valence-electron chi connectivity index (χ3n) is 2.67. The monoisotopic (exact) mass is 380 g/mol. The van der Waals surface area contributed by atoms with Gasteiger partial charge in [0.2, 0.25) is 0 Å². The molecule has 0 aliphatic heterocycles. The van der Waals surface area contributed by atoms with Crippen molar-refractivity contribution in [2.45, 2.75) is 38.2 Å². The van der Waals surface area contributed by atoms with E-state index < -0.39 is 0 Å². The Balaban J connectivity index is -0.000000105. The van der Waals surface area contributed by atoms with Crippen LogP contribution in [0.2, 0.25) is 0 Å². The molecule has 0 unspecified atom stereocenters. The van der Waals surface area contributed by atoms with Gasteiger partial charge in [0.15, 0.2) is 6.61 Å². The second kappa shape index (κ2) is 38.1. The van der Waals surface area contributed by atoms with Gasteiger partial charge in [0, 0.05) is 17.4 Å². The predicted molar refractivity (Wildman–Crippen MR) is 76.4 cm³/mol. The number of ether oxygens (including phenoxy) is 1. The zero-order chi connectivity index (χ0) is 19.6. The Morgan fingerprint density at radius 2 is 1.12 bits per heavy atom. The van der Waals surface area contributed by atoms with Crippen molar-refractivity contribution in [3.63, 3.8) is 0 Å². The van der Waals surface area contributed by atoms with E-state index in [4.69, 9.17) is 28.0 Å². The molecule has 0 spiro atoms. The minimum absolute atomic E-state index is 0. The molecule has 25 heavy (non-hydrogen) atoms. The zero-order valence-electron chi connectivity index (χ0n) is 13.4. The average molecular weight is 380 g/mol. The van der Waals surface area contributed by atoms with Gasteiger partial charge in [-0.2, -0.15) is 0 Å². The van der Waals surface area contributed by atoms with E-state index in [9.17, 15) is 0 Å². The standard InChI is InChI=1S/C13H16O.5CO.Cr/c1-3-7-12(8-4-1)11-14-13-9-5-2-6-10-13;5*1-2;/h1,3-4,7-8,13H,2,5-6,9-10H2;;;;;;. The summed E-state index contributed by atoms with van der Waals surface area (Å²) in [5.41, 5.74) is 1.04. The molecule has 2 rings (SSSR count). The summed E-state index contributed by atoms with van der Waals surface area (Å²) in [6.07, 6.45) is 6.77. The van der Waals surface area contributed by atoms with Gasteiger partial charge >= 0.3 is 56.5 Å². The molecule has 1 aromatic carbocycles. The normalized spacial score (nSPS) is 10.6. The van der Waals surface area contributed by atoms with Crippen molar-refractivity contribution in [3.8, 4) is 0 Å². The third-order valence-corrected chi connectivity index (χ3v) is 2.67. The minimum Gasteiger partial charge on any atom is -0.360 e. The van der Waals surface area contributed by atoms with Crippen molar-refractivity contribution in [3.05, 3.63) is 75.8 Å². The number of hydrogen-bond acceptors (Lipinski definition) is 1. The maximum absolute atomic E-state index is 7.50. The van der Waals surface area contributed by atoms with Crippen LogP contribution in [0.4, 0.5) is 0 Å². The Kier molecular flexibility index (Phi) is 52.9. The van der Waals surface area contributed by atoms with Crippen molar-refractivity contribution < 1.29 is 45.4 Å². The summed E-state index contributed by atoms with van der Waals surface area (Å²) in [5, 5.41) is 0. The fourth-order valence-electron chi connectivity index (χ4n) is 1.84. The molecule has 7 heteroatoms. The molecule has 0 atom stereocenters. The molecule has 0 amide bonds. The molecule has 0 bridgehead atoms. The molecule has 1 aromatic rings. The van der Waals surface area contributed by atoms with Crippen LogP contribution < -0.4 is 0 Å². The van der Waals surface area contributed by atoms with Crippen LogP contribution in [0.25, 0.3) is 0 Å². The van der Waals surface area contributed by atoms with Crippen LogP contribution in [0.3, 0.4) is 0 Å². The largest absolute Gasteiger partial charge is 0.360 e. The smallest absolute Gasteiger partial charge is 0.166 e. The van der Waals surface area contributed by atoms with E-state index in [0.29, 0.717) is 6.10 Å². The summed E-state index contributed by atoms with van der Waals surface area (Å²) in [6.45, 7) is 25.5. The van der Waals surface area contributed by atoms with Gasteiger partial charge in [0.1, 0.15) is 0 Å². The quantitative estimate of drug-likeness (QED) is 0.582. The average Bonchev–Trinajstić information content (AvgIpc) is 2.75. The van der Waals surface area contributed by atoms with Crippen LogP contribution in [0.15, 0.2) is 30.3 Å². The number of benzene rings is 1. The van der Waals surface area contributed by atoms with E-state index in [1.807, 2.05) is 30.3 Å². The Hall–Kier alpha value is -1.59. The first-order valence-corrected chi connectivity index (χ1v) is 6.44. The van der Waals surface area contributed by atoms with E-state index in [-0.39, 0.29) is 17.4 Å². The molecular weight excluding hydrogens is 364 g/mol. The zero-order valence-corrected chi connectivity index (χ0v) is 14.6. The molecule has 6 nitrogen and oxygen atoms in total. The van der Waals surface area contributed by atoms with Crippen LogP contribution in [-0.2, 0) is 45.4 Å². The number of hydrogen-bond donors (Lipinski definition) is 0. The Morgan fingerprint density at radius 3 is 1.52 bits per heavy atom. The van der Waals surface area contributed by atoms with Crippen molar-refractivity contribution in [2.24, 2.45) is 0 Å². The molecule has 0 N–H and O–H groups in total. The van der Waals surface area contributed by atoms with Crippen molar-refractivity contribution in [1.29, 1.82) is 0 Å². The first kappa shape index (κ1) is 34.7. The third kappa shape index (κ3) is 24.8. The molecule has 1 fully saturated rings. The number of rotatable bonds is 3. The van der Waals surface area contributed by atoms with Crippen molar-refractivity contribution in [1.82, 2.24) is 0 Å². The summed E-state index contributed by atoms with van der Waals surface area (Å²) in [5.74, 6) is 0. The van der Waals surface area contributed by atoms with Gasteiger partial charge in [-0.05, 0) is 18.4 Å². The molecule has 1 saturated carbocycles. The second-order valence-corrected chi connectivity index (χ2v) is 3.85. The van der Waals surface area contributed by atoms with Crippen LogP contribution in [-0.4, -0.2) is 6.10 Å². The molecule has 0 saturated heterocycles. The van der Waals surface area contributed by atoms with E-state index in [1.54, 1.807) is 0 Å². The summed E-state index contributed by atoms with van der Waals surface area (Å²) in [7, 11) is 0. The van der Waals surface area contributed by atoms with Crippen LogP contribution >= 0.6 is 0 Å². The molecule has 0 heterocycles. The van der Waals surface area contributed by atoms with Gasteiger partial charge in [0.05, 0.1) is 6.10 Å². The summed E-state index contributed by atoms with van der Waals surface area (Å²) < 4.78 is 43.1. The minimum atomic E-state index is 0. The molecule has 130 valence electrons. The SMILES string of the molecule is [C-]#[O+].[C-]#[O+].[C-]#[O+].[C-]#[O+].[C-]#[O+].[C](OC1CCCCC1)c1ccccc1.[Cr]. The van der Waals surface area contributed by atoms with Gasteiger partial charge in [-0.15, -0.1) is 0 Å². The second-order valence-electron chi connectivity index (χ2n) is 3.85. The van der Waals surface area contributed by atoms with Gasteiger partial charge in [-0.3, -0.25) is 0 Å². The maximum atomic E-state index is 7.50. The van der Waals surface area contributed by atoms with Crippen molar-refractivity contribution in [2.75, 3.05) is 0 Å². The molecular formula is C18H16CrO6. The molecule has 0 aromatic heterocycles. The van der Waals surface area contributed by atoms with E-state index in [2.05, 4.69) is 39.9 Å². The van der Waals surface area contributed by atoms with Crippen LogP contribution in [0.5, 0.6) is 0 Å². The first-order valence-electron chi connectivity index (χ1n) is 6.44. The van der Waals surface area contributed by atoms with Gasteiger partial charge in [-0.1, -0.05) is 49.6 Å². The van der Waals surface area contributed by atoms with E-state index in [1.165, 1.54) is 32.1 Å². The molecule has 1 aliphatic carbocycles. The fraction of sp³-hybridized carbons (Fsp3) is 0.333. The Morgan fingerprint density at radius 1 is 0.720 bits per heavy atom. The summed E-state index contributed by atoms with van der Waals surface area (Å²) in [4.78, 5) is 0. The fourth-order valence-corrected chi connectivity index (χ4v) is 1.84.